The lowest BCUT2D eigenvalue weighted by atomic mass is 9.85. The van der Waals surface area contributed by atoms with Crippen molar-refractivity contribution in [2.24, 2.45) is 5.41 Å². The van der Waals surface area contributed by atoms with E-state index in [1.807, 2.05) is 37.3 Å². The molecule has 1 aliphatic heterocycles. The topological polar surface area (TPSA) is 68.3 Å². The Morgan fingerprint density at radius 1 is 1.22 bits per heavy atom. The Balaban J connectivity index is 1.71. The average Bonchev–Trinajstić information content (AvgIpc) is 2.52. The van der Waals surface area contributed by atoms with Crippen LogP contribution >= 0.6 is 0 Å². The van der Waals surface area contributed by atoms with Gasteiger partial charge in [0.25, 0.3) is 0 Å². The number of benzene rings is 1. The predicted molar refractivity (Wildman–Crippen MR) is 90.5 cm³/mol. The molecule has 124 valence electrons. The molecule has 1 fully saturated rings. The van der Waals surface area contributed by atoms with E-state index in [2.05, 4.69) is 9.71 Å². The molecule has 5 nitrogen and oxygen atoms in total. The van der Waals surface area contributed by atoms with Crippen molar-refractivity contribution in [3.8, 4) is 0 Å². The van der Waals surface area contributed by atoms with Crippen LogP contribution in [0.15, 0.2) is 36.5 Å². The van der Waals surface area contributed by atoms with Gasteiger partial charge >= 0.3 is 0 Å². The summed E-state index contributed by atoms with van der Waals surface area (Å²) in [5, 5.41) is 1.01. The van der Waals surface area contributed by atoms with Crippen LogP contribution in [-0.4, -0.2) is 32.4 Å². The third-order valence-corrected chi connectivity index (χ3v) is 6.10. The number of aromatic nitrogens is 1. The molecule has 0 unspecified atom stereocenters. The van der Waals surface area contributed by atoms with Crippen LogP contribution in [0.25, 0.3) is 10.9 Å². The summed E-state index contributed by atoms with van der Waals surface area (Å²) in [6.45, 7) is 3.57. The molecule has 0 aliphatic carbocycles. The quantitative estimate of drug-likeness (QED) is 0.912. The number of fused-ring (bicyclic) bond motifs is 1. The molecule has 1 aromatic heterocycles. The van der Waals surface area contributed by atoms with Gasteiger partial charge in [0.15, 0.2) is 0 Å². The van der Waals surface area contributed by atoms with Crippen molar-refractivity contribution < 1.29 is 13.2 Å². The second-order valence-electron chi connectivity index (χ2n) is 6.50. The van der Waals surface area contributed by atoms with E-state index in [4.69, 9.17) is 4.74 Å². The Kier molecular flexibility index (Phi) is 4.66. The van der Waals surface area contributed by atoms with Gasteiger partial charge in [-0.25, -0.2) is 13.1 Å². The van der Waals surface area contributed by atoms with E-state index in [1.54, 1.807) is 6.20 Å². The van der Waals surface area contributed by atoms with Crippen LogP contribution in [0, 0.1) is 5.41 Å². The monoisotopic (exact) mass is 334 g/mol. The van der Waals surface area contributed by atoms with E-state index >= 15 is 0 Å². The van der Waals surface area contributed by atoms with Crippen LogP contribution in [0.5, 0.6) is 0 Å². The van der Waals surface area contributed by atoms with Crippen LogP contribution in [0.2, 0.25) is 0 Å². The van der Waals surface area contributed by atoms with Crippen molar-refractivity contribution in [3.63, 3.8) is 0 Å². The minimum atomic E-state index is -3.34. The summed E-state index contributed by atoms with van der Waals surface area (Å²) in [6.07, 6.45) is 3.29. The highest BCUT2D eigenvalue weighted by Crippen LogP contribution is 2.31. The highest BCUT2D eigenvalue weighted by atomic mass is 32.2. The number of pyridine rings is 1. The van der Waals surface area contributed by atoms with Crippen LogP contribution in [0.1, 0.15) is 25.3 Å². The van der Waals surface area contributed by atoms with E-state index < -0.39 is 10.0 Å². The van der Waals surface area contributed by atoms with Crippen molar-refractivity contribution >= 4 is 20.9 Å². The molecule has 2 aromatic rings. The summed E-state index contributed by atoms with van der Waals surface area (Å²) < 4.78 is 32.9. The molecule has 1 aliphatic rings. The molecule has 0 atom stereocenters. The maximum absolute atomic E-state index is 12.4. The van der Waals surface area contributed by atoms with Gasteiger partial charge in [0, 0.05) is 31.3 Å². The summed E-state index contributed by atoms with van der Waals surface area (Å²) in [4.78, 5) is 4.36. The number of ether oxygens (including phenoxy) is 1. The maximum atomic E-state index is 12.4. The molecule has 0 bridgehead atoms. The summed E-state index contributed by atoms with van der Waals surface area (Å²) >= 11 is 0. The summed E-state index contributed by atoms with van der Waals surface area (Å²) in [5.74, 6) is 0.140. The molecule has 1 N–H and O–H groups in total. The third kappa shape index (κ3) is 4.07. The van der Waals surface area contributed by atoms with E-state index in [-0.39, 0.29) is 17.7 Å². The Hall–Kier alpha value is -1.50. The number of hydrogen-bond acceptors (Lipinski definition) is 4. The second kappa shape index (κ2) is 6.55. The SMILES string of the molecule is CC1(CS(=O)(=O)NCc2cccc3cccnc23)CCOCC1. The first-order valence-electron chi connectivity index (χ1n) is 7.85. The van der Waals surface area contributed by atoms with Gasteiger partial charge in [-0.2, -0.15) is 0 Å². The number of nitrogens with zero attached hydrogens (tertiary/aromatic N) is 1. The lowest BCUT2D eigenvalue weighted by molar-refractivity contribution is 0.0340. The van der Waals surface area contributed by atoms with Gasteiger partial charge < -0.3 is 4.74 Å². The molecule has 2 heterocycles. The lowest BCUT2D eigenvalue weighted by Gasteiger charge is -2.33. The van der Waals surface area contributed by atoms with E-state index in [9.17, 15) is 8.42 Å². The molecule has 23 heavy (non-hydrogen) atoms. The van der Waals surface area contributed by atoms with Crippen LogP contribution in [0.3, 0.4) is 0 Å². The molecule has 0 saturated carbocycles. The summed E-state index contributed by atoms with van der Waals surface area (Å²) in [7, 11) is -3.34. The average molecular weight is 334 g/mol. The van der Waals surface area contributed by atoms with Crippen LogP contribution in [0.4, 0.5) is 0 Å². The Labute approximate surface area is 137 Å². The standard InChI is InChI=1S/C17H22N2O3S/c1-17(7-10-22-11-8-17)13-23(20,21)19-12-15-5-2-4-14-6-3-9-18-16(14)15/h2-6,9,19H,7-8,10-13H2,1H3. The Bertz CT molecular complexity index is 778. The van der Waals surface area contributed by atoms with Gasteiger partial charge in [-0.05, 0) is 29.9 Å². The minimum Gasteiger partial charge on any atom is -0.381 e. The number of nitrogens with one attached hydrogen (secondary N) is 1. The fraction of sp³-hybridized carbons (Fsp3) is 0.471. The van der Waals surface area contributed by atoms with Gasteiger partial charge in [-0.3, -0.25) is 4.98 Å². The van der Waals surface area contributed by atoms with Crippen molar-refractivity contribution in [1.29, 1.82) is 0 Å². The number of para-hydroxylation sites is 1. The third-order valence-electron chi connectivity index (χ3n) is 4.44. The molecular formula is C17H22N2O3S. The van der Waals surface area contributed by atoms with Gasteiger partial charge in [0.05, 0.1) is 11.3 Å². The Morgan fingerprint density at radius 3 is 2.74 bits per heavy atom. The molecule has 0 radical (unpaired) electrons. The second-order valence-corrected chi connectivity index (χ2v) is 8.30. The largest absolute Gasteiger partial charge is 0.381 e. The number of hydrogen-bond donors (Lipinski definition) is 1. The van der Waals surface area contributed by atoms with E-state index in [0.29, 0.717) is 13.2 Å². The molecule has 0 amide bonds. The zero-order valence-corrected chi connectivity index (χ0v) is 14.1. The summed E-state index contributed by atoms with van der Waals surface area (Å²) in [5.41, 5.74) is 1.53. The summed E-state index contributed by atoms with van der Waals surface area (Å²) in [6, 6.07) is 9.66. The lowest BCUT2D eigenvalue weighted by Crippen LogP contribution is -2.38. The van der Waals surface area contributed by atoms with E-state index in [0.717, 1.165) is 29.3 Å². The highest BCUT2D eigenvalue weighted by molar-refractivity contribution is 7.89. The minimum absolute atomic E-state index is 0.140. The number of sulfonamides is 1. The number of rotatable bonds is 5. The van der Waals surface area contributed by atoms with Crippen LogP contribution in [-0.2, 0) is 21.3 Å². The van der Waals surface area contributed by atoms with Gasteiger partial charge in [-0.1, -0.05) is 31.2 Å². The van der Waals surface area contributed by atoms with Crippen molar-refractivity contribution in [2.45, 2.75) is 26.3 Å². The zero-order chi connectivity index (χ0) is 16.3. The van der Waals surface area contributed by atoms with Gasteiger partial charge in [0.2, 0.25) is 10.0 Å². The zero-order valence-electron chi connectivity index (χ0n) is 13.3. The van der Waals surface area contributed by atoms with Gasteiger partial charge in [-0.15, -0.1) is 0 Å². The molecule has 3 rings (SSSR count). The van der Waals surface area contributed by atoms with Crippen molar-refractivity contribution in [3.05, 3.63) is 42.1 Å². The Morgan fingerprint density at radius 2 is 1.96 bits per heavy atom. The first kappa shape index (κ1) is 16.4. The first-order chi connectivity index (χ1) is 11.0. The normalized spacial score (nSPS) is 18.1. The first-order valence-corrected chi connectivity index (χ1v) is 9.50. The predicted octanol–water partition coefficient (Wildman–Crippen LogP) is 2.47. The molecule has 1 saturated heterocycles. The van der Waals surface area contributed by atoms with E-state index in [1.165, 1.54) is 0 Å². The fourth-order valence-corrected chi connectivity index (χ4v) is 4.70. The van der Waals surface area contributed by atoms with Crippen molar-refractivity contribution in [2.75, 3.05) is 19.0 Å². The molecular weight excluding hydrogens is 312 g/mol. The molecule has 6 heteroatoms. The van der Waals surface area contributed by atoms with Crippen molar-refractivity contribution in [1.82, 2.24) is 9.71 Å². The highest BCUT2D eigenvalue weighted by Gasteiger charge is 2.32. The van der Waals surface area contributed by atoms with Gasteiger partial charge in [0.1, 0.15) is 0 Å². The smallest absolute Gasteiger partial charge is 0.212 e. The fourth-order valence-electron chi connectivity index (χ4n) is 3.02. The maximum Gasteiger partial charge on any atom is 0.212 e. The molecule has 1 aromatic carbocycles. The van der Waals surface area contributed by atoms with Crippen LogP contribution < -0.4 is 4.72 Å². The molecule has 0 spiro atoms.